The van der Waals surface area contributed by atoms with Gasteiger partial charge in [0.2, 0.25) is 5.91 Å². The molecule has 138 valence electrons. The predicted molar refractivity (Wildman–Crippen MR) is 102 cm³/mol. The Morgan fingerprint density at radius 2 is 1.92 bits per heavy atom. The number of carbonyl (C=O) groups excluding carboxylic acids is 2. The van der Waals surface area contributed by atoms with Gasteiger partial charge in [0.1, 0.15) is 0 Å². The Hall–Kier alpha value is -1.20. The van der Waals surface area contributed by atoms with Crippen molar-refractivity contribution in [3.05, 3.63) is 21.9 Å². The smallest absolute Gasteiger partial charge is 0.224 e. The van der Waals surface area contributed by atoms with Gasteiger partial charge in [-0.2, -0.15) is 0 Å². The summed E-state index contributed by atoms with van der Waals surface area (Å²) in [5, 5.41) is 5.16. The Morgan fingerprint density at radius 3 is 2.60 bits per heavy atom. The van der Waals surface area contributed by atoms with E-state index < -0.39 is 0 Å². The van der Waals surface area contributed by atoms with Crippen LogP contribution < -0.4 is 5.32 Å². The molecule has 1 atom stereocenters. The summed E-state index contributed by atoms with van der Waals surface area (Å²) in [6.07, 6.45) is 10.8. The highest BCUT2D eigenvalue weighted by atomic mass is 32.1. The number of amides is 1. The number of carbonyl (C=O) groups is 2. The number of thiophene rings is 1. The Morgan fingerprint density at radius 1 is 1.16 bits per heavy atom. The SMILES string of the molecule is CC(=O)c1cc(CC(=O)N[C@@H]2CCCN(C3CCCCCC3)C2)cs1. The van der Waals surface area contributed by atoms with Crippen LogP contribution in [0.1, 0.15) is 73.5 Å². The van der Waals surface area contributed by atoms with Crippen molar-refractivity contribution in [2.24, 2.45) is 0 Å². The highest BCUT2D eigenvalue weighted by Crippen LogP contribution is 2.25. The quantitative estimate of drug-likeness (QED) is 0.640. The molecule has 1 aromatic rings. The number of ketones is 1. The fraction of sp³-hybridized carbons (Fsp3) is 0.700. The summed E-state index contributed by atoms with van der Waals surface area (Å²) in [5.74, 6) is 0.156. The first-order valence-corrected chi connectivity index (χ1v) is 10.6. The number of hydrogen-bond donors (Lipinski definition) is 1. The van der Waals surface area contributed by atoms with E-state index in [-0.39, 0.29) is 17.7 Å². The maximum absolute atomic E-state index is 12.4. The van der Waals surface area contributed by atoms with E-state index in [1.165, 1.54) is 62.8 Å². The predicted octanol–water partition coefficient (Wildman–Crippen LogP) is 3.80. The second-order valence-electron chi connectivity index (χ2n) is 7.60. The fourth-order valence-corrected chi connectivity index (χ4v) is 5.01. The largest absolute Gasteiger partial charge is 0.352 e. The highest BCUT2D eigenvalue weighted by molar-refractivity contribution is 7.12. The summed E-state index contributed by atoms with van der Waals surface area (Å²) in [6, 6.07) is 2.85. The molecule has 1 amide bonds. The summed E-state index contributed by atoms with van der Waals surface area (Å²) < 4.78 is 0. The first-order valence-electron chi connectivity index (χ1n) is 9.73. The molecule has 1 saturated carbocycles. The third kappa shape index (κ3) is 5.38. The zero-order valence-corrected chi connectivity index (χ0v) is 16.1. The summed E-state index contributed by atoms with van der Waals surface area (Å²) in [7, 11) is 0. The number of Topliss-reactive ketones (excluding diaryl/α,β-unsaturated/α-hetero) is 1. The van der Waals surface area contributed by atoms with Gasteiger partial charge in [-0.1, -0.05) is 25.7 Å². The van der Waals surface area contributed by atoms with Crippen LogP contribution in [-0.4, -0.2) is 41.8 Å². The summed E-state index contributed by atoms with van der Waals surface area (Å²) in [5.41, 5.74) is 0.948. The van der Waals surface area contributed by atoms with Crippen LogP contribution in [0.15, 0.2) is 11.4 Å². The van der Waals surface area contributed by atoms with Crippen molar-refractivity contribution in [3.63, 3.8) is 0 Å². The van der Waals surface area contributed by atoms with E-state index in [0.29, 0.717) is 6.42 Å². The minimum Gasteiger partial charge on any atom is -0.352 e. The van der Waals surface area contributed by atoms with Crippen LogP contribution in [-0.2, 0) is 11.2 Å². The van der Waals surface area contributed by atoms with Crippen LogP contribution in [0, 0.1) is 0 Å². The first-order chi connectivity index (χ1) is 12.1. The molecule has 0 spiro atoms. The van der Waals surface area contributed by atoms with Crippen molar-refractivity contribution in [3.8, 4) is 0 Å². The van der Waals surface area contributed by atoms with E-state index in [2.05, 4.69) is 10.2 Å². The molecule has 0 unspecified atom stereocenters. The first kappa shape index (κ1) is 18.6. The van der Waals surface area contributed by atoms with Gasteiger partial charge < -0.3 is 5.32 Å². The van der Waals surface area contributed by atoms with Gasteiger partial charge in [0.25, 0.3) is 0 Å². The van der Waals surface area contributed by atoms with Gasteiger partial charge in [-0.25, -0.2) is 0 Å². The number of nitrogens with zero attached hydrogens (tertiary/aromatic N) is 1. The lowest BCUT2D eigenvalue weighted by Gasteiger charge is -2.38. The maximum atomic E-state index is 12.4. The molecule has 0 aromatic carbocycles. The lowest BCUT2D eigenvalue weighted by molar-refractivity contribution is -0.121. The minimum absolute atomic E-state index is 0.0722. The van der Waals surface area contributed by atoms with Crippen molar-refractivity contribution >= 4 is 23.0 Å². The molecule has 25 heavy (non-hydrogen) atoms. The van der Waals surface area contributed by atoms with Gasteiger partial charge >= 0.3 is 0 Å². The molecule has 5 heteroatoms. The average molecular weight is 363 g/mol. The van der Waals surface area contributed by atoms with Crippen LogP contribution in [0.25, 0.3) is 0 Å². The van der Waals surface area contributed by atoms with Gasteiger partial charge in [-0.3, -0.25) is 14.5 Å². The van der Waals surface area contributed by atoms with Gasteiger partial charge in [0.05, 0.1) is 11.3 Å². The van der Waals surface area contributed by atoms with Crippen molar-refractivity contribution in [2.75, 3.05) is 13.1 Å². The van der Waals surface area contributed by atoms with Crippen molar-refractivity contribution < 1.29 is 9.59 Å². The molecular formula is C20H30N2O2S. The molecule has 2 heterocycles. The van der Waals surface area contributed by atoms with Crippen molar-refractivity contribution in [1.82, 2.24) is 10.2 Å². The van der Waals surface area contributed by atoms with Gasteiger partial charge in [-0.15, -0.1) is 11.3 Å². The molecule has 1 saturated heterocycles. The van der Waals surface area contributed by atoms with Gasteiger partial charge in [0.15, 0.2) is 5.78 Å². The molecule has 0 bridgehead atoms. The Kier molecular flexibility index (Phi) is 6.65. The molecule has 2 aliphatic rings. The van der Waals surface area contributed by atoms with E-state index in [4.69, 9.17) is 0 Å². The third-order valence-corrected chi connectivity index (χ3v) is 6.60. The van der Waals surface area contributed by atoms with E-state index in [9.17, 15) is 9.59 Å². The zero-order valence-electron chi connectivity index (χ0n) is 15.3. The molecule has 1 N–H and O–H groups in total. The van der Waals surface area contributed by atoms with E-state index in [1.807, 2.05) is 11.4 Å². The second-order valence-corrected chi connectivity index (χ2v) is 8.51. The third-order valence-electron chi connectivity index (χ3n) is 5.52. The van der Waals surface area contributed by atoms with Crippen molar-refractivity contribution in [2.45, 2.75) is 76.8 Å². The van der Waals surface area contributed by atoms with E-state index in [1.54, 1.807) is 6.92 Å². The summed E-state index contributed by atoms with van der Waals surface area (Å²) >= 11 is 1.43. The van der Waals surface area contributed by atoms with E-state index in [0.717, 1.165) is 29.4 Å². The van der Waals surface area contributed by atoms with Crippen molar-refractivity contribution in [1.29, 1.82) is 0 Å². The molecule has 0 radical (unpaired) electrons. The standard InChI is InChI=1S/C20H30N2O2S/c1-15(23)19-11-16(14-25-19)12-20(24)21-17-7-6-10-22(13-17)18-8-4-2-3-5-9-18/h11,14,17-18H,2-10,12-13H2,1H3,(H,21,24)/t17-/m1/s1. The molecule has 1 aromatic heterocycles. The lowest BCUT2D eigenvalue weighted by Crippen LogP contribution is -2.51. The molecule has 4 nitrogen and oxygen atoms in total. The molecule has 1 aliphatic heterocycles. The number of nitrogens with one attached hydrogen (secondary N) is 1. The number of rotatable bonds is 5. The van der Waals surface area contributed by atoms with Crippen LogP contribution in [0.3, 0.4) is 0 Å². The van der Waals surface area contributed by atoms with Crippen LogP contribution in [0.2, 0.25) is 0 Å². The lowest BCUT2D eigenvalue weighted by atomic mass is 9.99. The van der Waals surface area contributed by atoms with Crippen LogP contribution >= 0.6 is 11.3 Å². The number of hydrogen-bond acceptors (Lipinski definition) is 4. The average Bonchev–Trinajstić information content (AvgIpc) is 2.88. The normalized spacial score (nSPS) is 23.2. The Bertz CT molecular complexity index is 590. The second kappa shape index (κ2) is 8.95. The molecule has 2 fully saturated rings. The number of likely N-dealkylation sites (tertiary alicyclic amines) is 1. The molecule has 3 rings (SSSR count). The summed E-state index contributed by atoms with van der Waals surface area (Å²) in [4.78, 5) is 27.1. The summed E-state index contributed by atoms with van der Waals surface area (Å²) in [6.45, 7) is 3.75. The zero-order chi connectivity index (χ0) is 17.6. The van der Waals surface area contributed by atoms with Gasteiger partial charge in [0, 0.05) is 18.6 Å². The monoisotopic (exact) mass is 362 g/mol. The van der Waals surface area contributed by atoms with Crippen LogP contribution in [0.5, 0.6) is 0 Å². The van der Waals surface area contributed by atoms with Crippen LogP contribution in [0.4, 0.5) is 0 Å². The Labute approximate surface area is 155 Å². The minimum atomic E-state index is 0.0722. The fourth-order valence-electron chi connectivity index (χ4n) is 4.20. The number of piperidine rings is 1. The van der Waals surface area contributed by atoms with E-state index >= 15 is 0 Å². The topological polar surface area (TPSA) is 49.4 Å². The Balaban J connectivity index is 1.49. The highest BCUT2D eigenvalue weighted by Gasteiger charge is 2.27. The van der Waals surface area contributed by atoms with Gasteiger partial charge in [-0.05, 0) is 56.2 Å². The maximum Gasteiger partial charge on any atom is 0.224 e. The molecule has 1 aliphatic carbocycles. The molecular weight excluding hydrogens is 332 g/mol.